The molecule has 5 nitrogen and oxygen atoms in total. The largest absolute Gasteiger partial charge is 0.357 e. The Labute approximate surface area is 155 Å². The minimum atomic E-state index is 0.102. The molecule has 5 heteroatoms. The van der Waals surface area contributed by atoms with E-state index >= 15 is 0 Å². The number of pyridine rings is 1. The highest BCUT2D eigenvalue weighted by Gasteiger charge is 2.23. The number of amides is 1. The summed E-state index contributed by atoms with van der Waals surface area (Å²) in [5, 5.41) is 0. The van der Waals surface area contributed by atoms with E-state index in [1.807, 2.05) is 23.1 Å². The summed E-state index contributed by atoms with van der Waals surface area (Å²) in [6.07, 6.45) is 4.21. The van der Waals surface area contributed by atoms with Gasteiger partial charge in [-0.1, -0.05) is 30.3 Å². The molecule has 2 aliphatic rings. The predicted molar refractivity (Wildman–Crippen MR) is 103 cm³/mol. The Morgan fingerprint density at radius 1 is 0.885 bits per heavy atom. The van der Waals surface area contributed by atoms with Crippen LogP contribution in [0.15, 0.2) is 48.7 Å². The maximum atomic E-state index is 12.8. The molecule has 2 fully saturated rings. The summed E-state index contributed by atoms with van der Waals surface area (Å²) < 4.78 is 0. The number of carbonyl (C=O) groups excluding carboxylic acids is 1. The first-order valence-electron chi connectivity index (χ1n) is 9.56. The molecular formula is C21H26N4O. The molecule has 2 saturated heterocycles. The van der Waals surface area contributed by atoms with Crippen LogP contribution in [0.4, 0.5) is 5.82 Å². The van der Waals surface area contributed by atoms with Gasteiger partial charge in [-0.25, -0.2) is 4.98 Å². The zero-order valence-electron chi connectivity index (χ0n) is 15.2. The Balaban J connectivity index is 1.31. The quantitative estimate of drug-likeness (QED) is 0.850. The van der Waals surface area contributed by atoms with Gasteiger partial charge in [0.15, 0.2) is 0 Å². The highest BCUT2D eigenvalue weighted by atomic mass is 16.2. The number of carbonyl (C=O) groups is 1. The van der Waals surface area contributed by atoms with E-state index in [1.165, 1.54) is 18.4 Å². The maximum absolute atomic E-state index is 12.8. The van der Waals surface area contributed by atoms with E-state index < -0.39 is 0 Å². The van der Waals surface area contributed by atoms with E-state index in [-0.39, 0.29) is 5.91 Å². The van der Waals surface area contributed by atoms with Crippen molar-refractivity contribution in [3.05, 3.63) is 59.8 Å². The lowest BCUT2D eigenvalue weighted by Gasteiger charge is -2.34. The van der Waals surface area contributed by atoms with Crippen LogP contribution in [0.2, 0.25) is 0 Å². The Morgan fingerprint density at radius 2 is 1.62 bits per heavy atom. The SMILES string of the molecule is O=C(c1ccc(N2CCCC2)nc1)N1CCN(Cc2ccccc2)CC1. The number of anilines is 1. The third-order valence-corrected chi connectivity index (χ3v) is 5.33. The van der Waals surface area contributed by atoms with Crippen LogP contribution in [0.3, 0.4) is 0 Å². The van der Waals surface area contributed by atoms with Gasteiger partial charge in [0.2, 0.25) is 0 Å². The van der Waals surface area contributed by atoms with Crippen molar-refractivity contribution in [3.8, 4) is 0 Å². The first-order chi connectivity index (χ1) is 12.8. The van der Waals surface area contributed by atoms with Crippen LogP contribution in [0.25, 0.3) is 0 Å². The zero-order chi connectivity index (χ0) is 17.8. The van der Waals surface area contributed by atoms with Gasteiger partial charge in [0.1, 0.15) is 5.82 Å². The van der Waals surface area contributed by atoms with E-state index in [0.29, 0.717) is 5.56 Å². The summed E-state index contributed by atoms with van der Waals surface area (Å²) >= 11 is 0. The van der Waals surface area contributed by atoms with E-state index in [0.717, 1.165) is 51.6 Å². The second-order valence-corrected chi connectivity index (χ2v) is 7.15. The first kappa shape index (κ1) is 17.0. The minimum absolute atomic E-state index is 0.102. The Hall–Kier alpha value is -2.40. The van der Waals surface area contributed by atoms with Gasteiger partial charge >= 0.3 is 0 Å². The van der Waals surface area contributed by atoms with E-state index in [1.54, 1.807) is 6.20 Å². The Bertz CT molecular complexity index is 717. The van der Waals surface area contributed by atoms with Crippen LogP contribution in [0.1, 0.15) is 28.8 Å². The first-order valence-corrected chi connectivity index (χ1v) is 9.56. The summed E-state index contributed by atoms with van der Waals surface area (Å²) in [4.78, 5) is 23.9. The van der Waals surface area contributed by atoms with E-state index in [2.05, 4.69) is 39.0 Å². The highest BCUT2D eigenvalue weighted by Crippen LogP contribution is 2.18. The smallest absolute Gasteiger partial charge is 0.255 e. The van der Waals surface area contributed by atoms with Crippen molar-refractivity contribution in [2.75, 3.05) is 44.2 Å². The van der Waals surface area contributed by atoms with Crippen molar-refractivity contribution in [1.29, 1.82) is 0 Å². The summed E-state index contributed by atoms with van der Waals surface area (Å²) in [5.74, 6) is 1.09. The van der Waals surface area contributed by atoms with Gasteiger partial charge in [0.05, 0.1) is 5.56 Å². The number of rotatable bonds is 4. The Morgan fingerprint density at radius 3 is 2.27 bits per heavy atom. The molecule has 4 rings (SSSR count). The van der Waals surface area contributed by atoms with Gasteiger partial charge in [0, 0.05) is 52.0 Å². The molecule has 3 heterocycles. The zero-order valence-corrected chi connectivity index (χ0v) is 15.2. The molecule has 0 atom stereocenters. The number of nitrogens with zero attached hydrogens (tertiary/aromatic N) is 4. The molecule has 26 heavy (non-hydrogen) atoms. The van der Waals surface area contributed by atoms with Gasteiger partial charge in [-0.3, -0.25) is 9.69 Å². The molecule has 0 saturated carbocycles. The number of hydrogen-bond acceptors (Lipinski definition) is 4. The second kappa shape index (κ2) is 7.87. The summed E-state index contributed by atoms with van der Waals surface area (Å²) in [5.41, 5.74) is 2.03. The van der Waals surface area contributed by atoms with Crippen molar-refractivity contribution in [2.24, 2.45) is 0 Å². The topological polar surface area (TPSA) is 39.7 Å². The van der Waals surface area contributed by atoms with Crippen LogP contribution in [-0.2, 0) is 6.54 Å². The summed E-state index contributed by atoms with van der Waals surface area (Å²) in [6, 6.07) is 14.4. The average molecular weight is 350 g/mol. The predicted octanol–water partition coefficient (Wildman–Crippen LogP) is 2.64. The average Bonchev–Trinajstić information content (AvgIpc) is 3.24. The Kier molecular flexibility index (Phi) is 5.16. The van der Waals surface area contributed by atoms with E-state index in [9.17, 15) is 4.79 Å². The lowest BCUT2D eigenvalue weighted by atomic mass is 10.2. The summed E-state index contributed by atoms with van der Waals surface area (Å²) in [6.45, 7) is 6.49. The van der Waals surface area contributed by atoms with Gasteiger partial charge in [-0.2, -0.15) is 0 Å². The maximum Gasteiger partial charge on any atom is 0.255 e. The van der Waals surface area contributed by atoms with Crippen molar-refractivity contribution >= 4 is 11.7 Å². The van der Waals surface area contributed by atoms with Gasteiger partial charge < -0.3 is 9.80 Å². The summed E-state index contributed by atoms with van der Waals surface area (Å²) in [7, 11) is 0. The molecule has 0 radical (unpaired) electrons. The lowest BCUT2D eigenvalue weighted by Crippen LogP contribution is -2.48. The van der Waals surface area contributed by atoms with Crippen LogP contribution in [0, 0.1) is 0 Å². The molecule has 1 aromatic heterocycles. The number of hydrogen-bond donors (Lipinski definition) is 0. The molecule has 0 aliphatic carbocycles. The molecule has 1 aromatic carbocycles. The normalized spacial score (nSPS) is 18.3. The lowest BCUT2D eigenvalue weighted by molar-refractivity contribution is 0.0628. The third-order valence-electron chi connectivity index (χ3n) is 5.33. The number of benzene rings is 1. The van der Waals surface area contributed by atoms with Crippen molar-refractivity contribution < 1.29 is 4.79 Å². The standard InChI is InChI=1S/C21H26N4O/c26-21(19-8-9-20(22-16-19)24-10-4-5-11-24)25-14-12-23(13-15-25)17-18-6-2-1-3-7-18/h1-3,6-9,16H,4-5,10-15,17H2. The molecule has 0 unspecified atom stereocenters. The third kappa shape index (κ3) is 3.88. The van der Waals surface area contributed by atoms with Crippen molar-refractivity contribution in [1.82, 2.24) is 14.8 Å². The fraction of sp³-hybridized carbons (Fsp3) is 0.429. The van der Waals surface area contributed by atoms with Crippen LogP contribution >= 0.6 is 0 Å². The highest BCUT2D eigenvalue weighted by molar-refractivity contribution is 5.94. The van der Waals surface area contributed by atoms with Crippen molar-refractivity contribution in [3.63, 3.8) is 0 Å². The van der Waals surface area contributed by atoms with Gasteiger partial charge in [-0.05, 0) is 30.5 Å². The molecule has 1 amide bonds. The van der Waals surface area contributed by atoms with Crippen LogP contribution in [-0.4, -0.2) is 60.0 Å². The van der Waals surface area contributed by atoms with Crippen LogP contribution < -0.4 is 4.90 Å². The van der Waals surface area contributed by atoms with Gasteiger partial charge in [0.25, 0.3) is 5.91 Å². The number of aromatic nitrogens is 1. The molecule has 0 spiro atoms. The number of piperazine rings is 1. The molecule has 0 bridgehead atoms. The minimum Gasteiger partial charge on any atom is -0.357 e. The monoisotopic (exact) mass is 350 g/mol. The fourth-order valence-corrected chi connectivity index (χ4v) is 3.78. The molecule has 2 aliphatic heterocycles. The second-order valence-electron chi connectivity index (χ2n) is 7.15. The van der Waals surface area contributed by atoms with Gasteiger partial charge in [-0.15, -0.1) is 0 Å². The van der Waals surface area contributed by atoms with Crippen LogP contribution in [0.5, 0.6) is 0 Å². The molecule has 2 aromatic rings. The molecular weight excluding hydrogens is 324 g/mol. The molecule has 136 valence electrons. The van der Waals surface area contributed by atoms with Crippen molar-refractivity contribution in [2.45, 2.75) is 19.4 Å². The van der Waals surface area contributed by atoms with E-state index in [4.69, 9.17) is 0 Å². The fourth-order valence-electron chi connectivity index (χ4n) is 3.78. The molecule has 0 N–H and O–H groups in total.